The Morgan fingerprint density at radius 2 is 2.20 bits per heavy atom. The lowest BCUT2D eigenvalue weighted by Crippen LogP contribution is -2.41. The monoisotopic (exact) mass is 140 g/mol. The molecular weight excluding hydrogens is 126 g/mol. The van der Waals surface area contributed by atoms with Crippen LogP contribution in [-0.4, -0.2) is 11.9 Å². The first kappa shape index (κ1) is 7.58. The molecule has 1 rings (SSSR count). The van der Waals surface area contributed by atoms with Crippen molar-refractivity contribution in [1.29, 1.82) is 0 Å². The van der Waals surface area contributed by atoms with Gasteiger partial charge in [-0.05, 0) is 19.3 Å². The van der Waals surface area contributed by atoms with Crippen LogP contribution < -0.4 is 5.32 Å². The molecule has 0 aromatic carbocycles. The van der Waals surface area contributed by atoms with Crippen LogP contribution in [0, 0.1) is 12.3 Å². The molecule has 0 aromatic rings. The van der Waals surface area contributed by atoms with E-state index in [1.165, 1.54) is 0 Å². The average Bonchev–Trinajstić information content (AvgIpc) is 1.77. The van der Waals surface area contributed by atoms with Crippen molar-refractivity contribution in [2.75, 3.05) is 0 Å². The number of nitrogens with one attached hydrogen (secondary N) is 1. The fourth-order valence-electron chi connectivity index (χ4n) is 0.819. The molecule has 1 aliphatic carbocycles. The van der Waals surface area contributed by atoms with E-state index in [2.05, 4.69) is 11.7 Å². The first-order chi connectivity index (χ1) is 4.70. The second kappa shape index (κ2) is 3.04. The summed E-state index contributed by atoms with van der Waals surface area (Å²) in [7, 11) is 0. The SMILES string of the molecule is CC(C)C(=O)NC1C[CH]C1. The molecular formula is C8H14NO. The zero-order valence-electron chi connectivity index (χ0n) is 6.55. The summed E-state index contributed by atoms with van der Waals surface area (Å²) in [5.41, 5.74) is 0. The van der Waals surface area contributed by atoms with E-state index in [-0.39, 0.29) is 11.8 Å². The Bertz CT molecular complexity index is 127. The maximum atomic E-state index is 11.0. The van der Waals surface area contributed by atoms with Gasteiger partial charge in [0.25, 0.3) is 0 Å². The largest absolute Gasteiger partial charge is 0.353 e. The molecule has 0 atom stereocenters. The molecule has 0 aliphatic heterocycles. The smallest absolute Gasteiger partial charge is 0.222 e. The summed E-state index contributed by atoms with van der Waals surface area (Å²) in [4.78, 5) is 11.0. The molecule has 57 valence electrons. The van der Waals surface area contributed by atoms with E-state index in [0.717, 1.165) is 12.8 Å². The van der Waals surface area contributed by atoms with Crippen LogP contribution >= 0.6 is 0 Å². The molecule has 1 aliphatic rings. The molecule has 0 aromatic heterocycles. The molecule has 0 spiro atoms. The third kappa shape index (κ3) is 1.72. The molecule has 10 heavy (non-hydrogen) atoms. The van der Waals surface area contributed by atoms with Gasteiger partial charge < -0.3 is 5.32 Å². The van der Waals surface area contributed by atoms with Gasteiger partial charge in [-0.15, -0.1) is 0 Å². The van der Waals surface area contributed by atoms with Gasteiger partial charge in [-0.25, -0.2) is 0 Å². The lowest BCUT2D eigenvalue weighted by Gasteiger charge is -2.26. The molecule has 1 radical (unpaired) electrons. The van der Waals surface area contributed by atoms with Crippen molar-refractivity contribution >= 4 is 5.91 Å². The highest BCUT2D eigenvalue weighted by atomic mass is 16.1. The van der Waals surface area contributed by atoms with E-state index in [4.69, 9.17) is 0 Å². The topological polar surface area (TPSA) is 29.1 Å². The number of hydrogen-bond donors (Lipinski definition) is 1. The van der Waals surface area contributed by atoms with Crippen LogP contribution in [0.2, 0.25) is 0 Å². The van der Waals surface area contributed by atoms with Gasteiger partial charge in [-0.2, -0.15) is 0 Å². The summed E-state index contributed by atoms with van der Waals surface area (Å²) in [5.74, 6) is 0.304. The number of carbonyl (C=O) groups is 1. The van der Waals surface area contributed by atoms with Crippen LogP contribution in [0.1, 0.15) is 26.7 Å². The van der Waals surface area contributed by atoms with E-state index >= 15 is 0 Å². The van der Waals surface area contributed by atoms with Crippen molar-refractivity contribution in [3.8, 4) is 0 Å². The van der Waals surface area contributed by atoms with E-state index in [1.807, 2.05) is 13.8 Å². The van der Waals surface area contributed by atoms with Gasteiger partial charge in [-0.1, -0.05) is 13.8 Å². The third-order valence-electron chi connectivity index (χ3n) is 1.77. The van der Waals surface area contributed by atoms with Crippen LogP contribution in [0.4, 0.5) is 0 Å². The Hall–Kier alpha value is -0.530. The van der Waals surface area contributed by atoms with E-state index in [1.54, 1.807) is 0 Å². The van der Waals surface area contributed by atoms with E-state index in [0.29, 0.717) is 6.04 Å². The van der Waals surface area contributed by atoms with Gasteiger partial charge in [0, 0.05) is 12.0 Å². The first-order valence-corrected chi connectivity index (χ1v) is 3.82. The highest BCUT2D eigenvalue weighted by molar-refractivity contribution is 5.78. The Kier molecular flexibility index (Phi) is 2.30. The second-order valence-electron chi connectivity index (χ2n) is 3.12. The quantitative estimate of drug-likeness (QED) is 0.612. The summed E-state index contributed by atoms with van der Waals surface area (Å²) in [5, 5.41) is 2.95. The Morgan fingerprint density at radius 3 is 2.50 bits per heavy atom. The first-order valence-electron chi connectivity index (χ1n) is 3.82. The maximum absolute atomic E-state index is 11.0. The summed E-state index contributed by atoms with van der Waals surface area (Å²) in [6.45, 7) is 3.83. The van der Waals surface area contributed by atoms with Crippen molar-refractivity contribution in [1.82, 2.24) is 5.32 Å². The molecule has 1 amide bonds. The van der Waals surface area contributed by atoms with Crippen LogP contribution in [0.5, 0.6) is 0 Å². The lowest BCUT2D eigenvalue weighted by atomic mass is 9.93. The van der Waals surface area contributed by atoms with Crippen LogP contribution in [0.25, 0.3) is 0 Å². The van der Waals surface area contributed by atoms with Gasteiger partial charge in [-0.3, -0.25) is 4.79 Å². The highest BCUT2D eigenvalue weighted by Crippen LogP contribution is 2.16. The molecule has 1 fully saturated rings. The molecule has 0 heterocycles. The Balaban J connectivity index is 2.17. The van der Waals surface area contributed by atoms with Crippen molar-refractivity contribution < 1.29 is 4.79 Å². The average molecular weight is 140 g/mol. The van der Waals surface area contributed by atoms with Crippen LogP contribution in [-0.2, 0) is 4.79 Å². The minimum atomic E-state index is 0.126. The highest BCUT2D eigenvalue weighted by Gasteiger charge is 2.20. The van der Waals surface area contributed by atoms with Gasteiger partial charge in [0.1, 0.15) is 0 Å². The van der Waals surface area contributed by atoms with E-state index < -0.39 is 0 Å². The van der Waals surface area contributed by atoms with E-state index in [9.17, 15) is 4.79 Å². The minimum absolute atomic E-state index is 0.126. The normalized spacial score (nSPS) is 18.7. The molecule has 2 nitrogen and oxygen atoms in total. The fourth-order valence-corrected chi connectivity index (χ4v) is 0.819. The van der Waals surface area contributed by atoms with Gasteiger partial charge in [0.2, 0.25) is 5.91 Å². The number of rotatable bonds is 2. The standard InChI is InChI=1S/C8H14NO/c1-6(2)8(10)9-7-4-3-5-7/h3,6-7H,4-5H2,1-2H3,(H,9,10). The fraction of sp³-hybridized carbons (Fsp3) is 0.750. The van der Waals surface area contributed by atoms with Gasteiger partial charge in [0.15, 0.2) is 0 Å². The third-order valence-corrected chi connectivity index (χ3v) is 1.77. The minimum Gasteiger partial charge on any atom is -0.353 e. The van der Waals surface area contributed by atoms with Crippen molar-refractivity contribution in [2.45, 2.75) is 32.7 Å². The van der Waals surface area contributed by atoms with Crippen molar-refractivity contribution in [2.24, 2.45) is 5.92 Å². The summed E-state index contributed by atoms with van der Waals surface area (Å²) < 4.78 is 0. The molecule has 0 unspecified atom stereocenters. The van der Waals surface area contributed by atoms with Crippen LogP contribution in [0.3, 0.4) is 0 Å². The molecule has 1 saturated carbocycles. The second-order valence-corrected chi connectivity index (χ2v) is 3.12. The molecule has 0 bridgehead atoms. The summed E-state index contributed by atoms with van der Waals surface area (Å²) in [6.07, 6.45) is 4.29. The number of hydrogen-bond acceptors (Lipinski definition) is 1. The number of amides is 1. The van der Waals surface area contributed by atoms with Crippen molar-refractivity contribution in [3.05, 3.63) is 6.42 Å². The zero-order valence-corrected chi connectivity index (χ0v) is 6.55. The van der Waals surface area contributed by atoms with Crippen molar-refractivity contribution in [3.63, 3.8) is 0 Å². The predicted octanol–water partition coefficient (Wildman–Crippen LogP) is 1.13. The Labute approximate surface area is 62.0 Å². The van der Waals surface area contributed by atoms with Gasteiger partial charge >= 0.3 is 0 Å². The maximum Gasteiger partial charge on any atom is 0.222 e. The van der Waals surface area contributed by atoms with Crippen LogP contribution in [0.15, 0.2) is 0 Å². The predicted molar refractivity (Wildman–Crippen MR) is 40.3 cm³/mol. The summed E-state index contributed by atoms with van der Waals surface area (Å²) >= 11 is 0. The zero-order chi connectivity index (χ0) is 7.56. The molecule has 1 N–H and O–H groups in total. The lowest BCUT2D eigenvalue weighted by molar-refractivity contribution is -0.124. The Morgan fingerprint density at radius 1 is 1.60 bits per heavy atom. The number of carbonyl (C=O) groups excluding carboxylic acids is 1. The summed E-state index contributed by atoms with van der Waals surface area (Å²) in [6, 6.07) is 0.440. The van der Waals surface area contributed by atoms with Gasteiger partial charge in [0.05, 0.1) is 0 Å². The molecule has 2 heteroatoms. The molecule has 0 saturated heterocycles.